The fourth-order valence-corrected chi connectivity index (χ4v) is 6.64. The highest BCUT2D eigenvalue weighted by molar-refractivity contribution is 5.99. The van der Waals surface area contributed by atoms with Crippen molar-refractivity contribution in [1.82, 2.24) is 47.9 Å². The quantitative estimate of drug-likeness (QED) is 0.0154. The molecule has 0 radical (unpaired) electrons. The molecule has 36 nitrogen and oxygen atoms in total. The highest BCUT2D eigenvalue weighted by Crippen LogP contribution is 2.08. The van der Waals surface area contributed by atoms with Gasteiger partial charge in [-0.2, -0.15) is 0 Å². The molecule has 13 amide bonds. The Morgan fingerprint density at radius 1 is 0.456 bits per heavy atom. The van der Waals surface area contributed by atoms with Gasteiger partial charge in [0.05, 0.1) is 25.7 Å². The predicted molar refractivity (Wildman–Crippen MR) is 274 cm³/mol. The number of hydrogen-bond donors (Lipinski definition) is 20. The van der Waals surface area contributed by atoms with Crippen molar-refractivity contribution in [1.29, 1.82) is 0 Å². The number of nitrogens with zero attached hydrogens (tertiary/aromatic N) is 2. The predicted octanol–water partition coefficient (Wildman–Crippen LogP) is -11.5. The summed E-state index contributed by atoms with van der Waals surface area (Å²) in [6.07, 6.45) is -5.69. The lowest BCUT2D eigenvalue weighted by molar-refractivity contribution is -0.142. The third kappa shape index (κ3) is 29.8. The second-order valence-corrected chi connectivity index (χ2v) is 17.8. The Labute approximate surface area is 451 Å². The van der Waals surface area contributed by atoms with Crippen molar-refractivity contribution in [2.45, 2.75) is 139 Å². The second kappa shape index (κ2) is 36.1. The first kappa shape index (κ1) is 70.0. The van der Waals surface area contributed by atoms with Crippen LogP contribution in [0, 0.1) is 5.92 Å². The van der Waals surface area contributed by atoms with E-state index >= 15 is 0 Å². The van der Waals surface area contributed by atoms with Crippen molar-refractivity contribution in [3.63, 3.8) is 0 Å². The normalized spacial score (nSPS) is 14.5. The molecule has 0 spiro atoms. The van der Waals surface area contributed by atoms with Crippen LogP contribution in [-0.2, 0) is 67.1 Å². The highest BCUT2D eigenvalue weighted by Gasteiger charge is 2.36. The molecule has 79 heavy (non-hydrogen) atoms. The summed E-state index contributed by atoms with van der Waals surface area (Å²) < 4.78 is 0. The molecular weight excluding hydrogens is 1050 g/mol. The Morgan fingerprint density at radius 2 is 0.873 bits per heavy atom. The topological polar surface area (TPSA) is 641 Å². The minimum absolute atomic E-state index is 0.0155. The molecule has 0 aromatic rings. The lowest BCUT2D eigenvalue weighted by Crippen LogP contribution is -2.62. The van der Waals surface area contributed by atoms with Crippen molar-refractivity contribution in [3.05, 3.63) is 0 Å². The standard InChI is InChI=1S/C43H75N19O17/c1-18(14-29(46)67)34(72)55-19(2)35(73)54-16-30(68)56-22(6-4-12-52-42(48)49)36(74)61-26(17-63)40(78)60-25(15-31(69)70)39(77)62-32(20(3)64)41(79)59-23(7-5-13-53-43(50)51)37(75)58-24(9-11-28(45)66)38(76)57-21(33(47)71)8-10-27(44)65/h18-26,32,63-64H,4-17H2,1-3H3,(H2,44,65)(H2,45,66)(H2,46,67)(H2,47,71)(H,54,73)(H,55,72)(H,56,68)(H,57,76)(H,58,75)(H,59,79)(H,60,78)(H,61,74)(H,62,77)(H,69,70)(H4,48,49,52)(H4,50,51,53)/t18-,19-,20+,21-,22-,23-,24-,25-,26-,32-/m0/s1. The Balaban J connectivity index is 6.52. The van der Waals surface area contributed by atoms with Crippen LogP contribution in [0.5, 0.6) is 0 Å². The van der Waals surface area contributed by atoms with E-state index in [4.69, 9.17) is 45.9 Å². The first-order valence-corrected chi connectivity index (χ1v) is 24.2. The molecule has 444 valence electrons. The molecule has 0 unspecified atom stereocenters. The molecular formula is C43H75N19O17. The van der Waals surface area contributed by atoms with Crippen LogP contribution in [0.3, 0.4) is 0 Å². The highest BCUT2D eigenvalue weighted by atomic mass is 16.4. The number of aliphatic carboxylic acids is 1. The number of aliphatic imine (C=N–C) groups is 2. The van der Waals surface area contributed by atoms with Gasteiger partial charge in [0.15, 0.2) is 11.9 Å². The van der Waals surface area contributed by atoms with Crippen LogP contribution < -0.4 is 93.7 Å². The monoisotopic (exact) mass is 1130 g/mol. The lowest BCUT2D eigenvalue weighted by atomic mass is 10.0. The summed E-state index contributed by atoms with van der Waals surface area (Å²) >= 11 is 0. The third-order valence-corrected chi connectivity index (χ3v) is 10.8. The molecule has 0 aliphatic heterocycles. The number of aliphatic hydroxyl groups is 2. The first-order chi connectivity index (χ1) is 36.8. The van der Waals surface area contributed by atoms with Gasteiger partial charge in [0.2, 0.25) is 76.8 Å². The molecule has 0 saturated heterocycles. The minimum Gasteiger partial charge on any atom is -0.481 e. The number of nitrogens with one attached hydrogen (secondary N) is 9. The number of hydrogen-bond acceptors (Lipinski definition) is 18. The number of carboxylic acids is 1. The first-order valence-electron chi connectivity index (χ1n) is 24.2. The molecule has 0 bridgehead atoms. The van der Waals surface area contributed by atoms with Crippen molar-refractivity contribution in [3.8, 4) is 0 Å². The molecule has 0 saturated carbocycles. The van der Waals surface area contributed by atoms with E-state index in [0.717, 1.165) is 6.92 Å². The maximum Gasteiger partial charge on any atom is 0.305 e. The number of carboxylic acid groups (broad SMARTS) is 1. The van der Waals surface area contributed by atoms with Gasteiger partial charge in [0.1, 0.15) is 48.3 Å². The van der Waals surface area contributed by atoms with Crippen LogP contribution in [0.4, 0.5) is 0 Å². The molecule has 36 heteroatoms. The lowest BCUT2D eigenvalue weighted by Gasteiger charge is -2.28. The Kier molecular flexibility index (Phi) is 32.0. The number of carbonyl (C=O) groups is 14. The smallest absolute Gasteiger partial charge is 0.305 e. The van der Waals surface area contributed by atoms with Gasteiger partial charge in [-0.25, -0.2) is 0 Å². The average Bonchev–Trinajstić information content (AvgIpc) is 3.34. The summed E-state index contributed by atoms with van der Waals surface area (Å²) in [6, 6.07) is -13.7. The molecule has 0 heterocycles. The number of primary amides is 4. The van der Waals surface area contributed by atoms with E-state index in [-0.39, 0.29) is 63.5 Å². The van der Waals surface area contributed by atoms with Crippen LogP contribution in [0.25, 0.3) is 0 Å². The number of rotatable bonds is 39. The van der Waals surface area contributed by atoms with Gasteiger partial charge in [-0.05, 0) is 52.4 Å². The van der Waals surface area contributed by atoms with Crippen LogP contribution >= 0.6 is 0 Å². The average molecular weight is 1130 g/mol. The van der Waals surface area contributed by atoms with Crippen molar-refractivity contribution < 1.29 is 82.4 Å². The summed E-state index contributed by atoms with van der Waals surface area (Å²) in [7, 11) is 0. The van der Waals surface area contributed by atoms with E-state index in [1.165, 1.54) is 13.8 Å². The van der Waals surface area contributed by atoms with Crippen molar-refractivity contribution in [2.75, 3.05) is 26.2 Å². The molecule has 0 fully saturated rings. The summed E-state index contributed by atoms with van der Waals surface area (Å²) in [4.78, 5) is 185. The van der Waals surface area contributed by atoms with Crippen LogP contribution in [-0.4, -0.2) is 191 Å². The Hall–Kier alpha value is -8.96. The zero-order valence-corrected chi connectivity index (χ0v) is 43.7. The zero-order valence-electron chi connectivity index (χ0n) is 43.7. The summed E-state index contributed by atoms with van der Waals surface area (Å²) in [5.74, 6) is -16.9. The minimum atomic E-state index is -2.13. The maximum atomic E-state index is 13.8. The van der Waals surface area contributed by atoms with E-state index in [0.29, 0.717) is 0 Å². The molecule has 0 aromatic carbocycles. The number of carbonyl (C=O) groups excluding carboxylic acids is 13. The summed E-state index contributed by atoms with van der Waals surface area (Å²) in [6.45, 7) is 1.50. The molecule has 10 atom stereocenters. The largest absolute Gasteiger partial charge is 0.481 e. The van der Waals surface area contributed by atoms with Gasteiger partial charge >= 0.3 is 5.97 Å². The van der Waals surface area contributed by atoms with Gasteiger partial charge in [-0.3, -0.25) is 77.1 Å². The SMILES string of the molecule is C[C@H](NC(=O)[C@@H](C)CC(N)=O)C(=O)NCC(=O)N[C@@H](CCCN=C(N)N)C(=O)N[C@@H](CO)C(=O)N[C@@H](CC(=O)O)C(=O)N[C@H](C(=O)N[C@@H](CCCN=C(N)N)C(=O)N[C@@H](CCC(N)=O)C(=O)N[C@@H](CCC(N)=O)C(N)=O)[C@@H](C)O. The summed E-state index contributed by atoms with van der Waals surface area (Å²) in [5.41, 5.74) is 42.3. The van der Waals surface area contributed by atoms with Gasteiger partial charge in [-0.1, -0.05) is 6.92 Å². The summed E-state index contributed by atoms with van der Waals surface area (Å²) in [5, 5.41) is 50.5. The van der Waals surface area contributed by atoms with Crippen molar-refractivity contribution >= 4 is 94.7 Å². The Morgan fingerprint density at radius 3 is 1.32 bits per heavy atom. The number of guanidine groups is 2. The van der Waals surface area contributed by atoms with Gasteiger partial charge in [0.25, 0.3) is 0 Å². The number of nitrogens with two attached hydrogens (primary N) is 8. The molecule has 0 aliphatic carbocycles. The third-order valence-electron chi connectivity index (χ3n) is 10.8. The van der Waals surface area contributed by atoms with Crippen LogP contribution in [0.15, 0.2) is 9.98 Å². The number of amides is 13. The van der Waals surface area contributed by atoms with Gasteiger partial charge < -0.3 is 109 Å². The molecule has 28 N–H and O–H groups in total. The molecule has 0 aromatic heterocycles. The van der Waals surface area contributed by atoms with E-state index in [1.54, 1.807) is 0 Å². The fraction of sp³-hybridized carbons (Fsp3) is 0.628. The zero-order chi connectivity index (χ0) is 60.7. The van der Waals surface area contributed by atoms with Crippen LogP contribution in [0.2, 0.25) is 0 Å². The van der Waals surface area contributed by atoms with Gasteiger partial charge in [0, 0.05) is 38.3 Å². The van der Waals surface area contributed by atoms with E-state index in [9.17, 15) is 82.4 Å². The van der Waals surface area contributed by atoms with E-state index < -0.39 is 182 Å². The number of aliphatic hydroxyl groups excluding tert-OH is 2. The maximum absolute atomic E-state index is 13.8. The second-order valence-electron chi connectivity index (χ2n) is 17.8. The van der Waals surface area contributed by atoms with E-state index in [1.807, 2.05) is 5.32 Å². The fourth-order valence-electron chi connectivity index (χ4n) is 6.64. The van der Waals surface area contributed by atoms with Crippen LogP contribution in [0.1, 0.15) is 85.0 Å². The molecule has 0 aliphatic rings. The molecule has 0 rings (SSSR count). The Bertz CT molecular complexity index is 2260. The van der Waals surface area contributed by atoms with E-state index in [2.05, 4.69) is 52.5 Å². The van der Waals surface area contributed by atoms with Crippen molar-refractivity contribution in [2.24, 2.45) is 61.8 Å². The van der Waals surface area contributed by atoms with Gasteiger partial charge in [-0.15, -0.1) is 0 Å².